The number of fused-ring (bicyclic) bond motifs is 4. The van der Waals surface area contributed by atoms with Crippen LogP contribution in [0.3, 0.4) is 0 Å². The third-order valence-corrected chi connectivity index (χ3v) is 10.2. The summed E-state index contributed by atoms with van der Waals surface area (Å²) in [4.78, 5) is 73.8. The fourth-order valence-electron chi connectivity index (χ4n) is 7.83. The van der Waals surface area contributed by atoms with E-state index in [-0.39, 0.29) is 51.3 Å². The van der Waals surface area contributed by atoms with Crippen molar-refractivity contribution in [3.63, 3.8) is 0 Å². The second kappa shape index (κ2) is 12.5. The molecule has 5 aliphatic heterocycles. The molecule has 1 aliphatic carbocycles. The number of esters is 3. The average Bonchev–Trinajstić information content (AvgIpc) is 3.86. The summed E-state index contributed by atoms with van der Waals surface area (Å²) in [5.41, 5.74) is -0.554. The molecule has 15 nitrogen and oxygen atoms in total. The van der Waals surface area contributed by atoms with E-state index in [2.05, 4.69) is 5.32 Å². The molecule has 15 heteroatoms. The Morgan fingerprint density at radius 1 is 1.10 bits per heavy atom. The Morgan fingerprint density at radius 2 is 1.88 bits per heavy atom. The number of nitrogens with one attached hydrogen (secondary N) is 1. The molecular weight excluding hydrogens is 630 g/mol. The average molecular weight is 670 g/mol. The van der Waals surface area contributed by atoms with Crippen molar-refractivity contribution in [2.75, 3.05) is 33.1 Å². The van der Waals surface area contributed by atoms with Crippen molar-refractivity contribution in [2.45, 2.75) is 82.3 Å². The first-order chi connectivity index (χ1) is 23.0. The molecule has 8 atom stereocenters. The number of nitrogens with zero attached hydrogens (tertiary/aromatic N) is 2. The highest BCUT2D eigenvalue weighted by Crippen LogP contribution is 2.56. The normalized spacial score (nSPS) is 35.0. The number of hydrogen-bond donors (Lipinski definition) is 2. The summed E-state index contributed by atoms with van der Waals surface area (Å²) in [6.45, 7) is 4.03. The number of hydroxylamine groups is 2. The number of cyclic esters (lactones) is 1. The van der Waals surface area contributed by atoms with Crippen molar-refractivity contribution in [3.8, 4) is 0 Å². The van der Waals surface area contributed by atoms with E-state index in [0.29, 0.717) is 24.9 Å². The molecule has 0 radical (unpaired) electrons. The molecule has 2 bridgehead atoms. The maximum atomic E-state index is 14.7. The van der Waals surface area contributed by atoms with Crippen LogP contribution in [-0.2, 0) is 59.0 Å². The van der Waals surface area contributed by atoms with Crippen LogP contribution in [-0.4, -0.2) is 120 Å². The van der Waals surface area contributed by atoms with Gasteiger partial charge in [-0.1, -0.05) is 38.1 Å². The molecule has 6 fully saturated rings. The maximum Gasteiger partial charge on any atom is 0.348 e. The minimum absolute atomic E-state index is 0.0287. The summed E-state index contributed by atoms with van der Waals surface area (Å²) in [6, 6.07) is 5.32. The van der Waals surface area contributed by atoms with Gasteiger partial charge in [-0.25, -0.2) is 9.59 Å². The molecule has 258 valence electrons. The Morgan fingerprint density at radius 3 is 2.60 bits per heavy atom. The van der Waals surface area contributed by atoms with Gasteiger partial charge in [0.15, 0.2) is 6.04 Å². The van der Waals surface area contributed by atoms with E-state index in [1.165, 1.54) is 16.0 Å². The van der Waals surface area contributed by atoms with Gasteiger partial charge in [-0.05, 0) is 30.0 Å². The number of benzene rings is 1. The highest BCUT2D eigenvalue weighted by atomic mass is 16.8. The van der Waals surface area contributed by atoms with Crippen LogP contribution in [0.2, 0.25) is 0 Å². The van der Waals surface area contributed by atoms with Crippen LogP contribution in [0.15, 0.2) is 30.3 Å². The van der Waals surface area contributed by atoms with Gasteiger partial charge in [0.1, 0.15) is 49.3 Å². The number of rotatable bonds is 9. The molecule has 7 rings (SSSR count). The first-order valence-corrected chi connectivity index (χ1v) is 16.2. The van der Waals surface area contributed by atoms with Crippen LogP contribution in [0, 0.1) is 10.8 Å². The molecule has 2 N–H and O–H groups in total. The van der Waals surface area contributed by atoms with Crippen LogP contribution >= 0.6 is 0 Å². The first-order valence-electron chi connectivity index (χ1n) is 16.2. The number of hydrogen-bond acceptors (Lipinski definition) is 13. The van der Waals surface area contributed by atoms with Gasteiger partial charge in [0.25, 0.3) is 0 Å². The zero-order valence-electron chi connectivity index (χ0n) is 26.7. The van der Waals surface area contributed by atoms with Crippen molar-refractivity contribution in [2.24, 2.45) is 10.8 Å². The summed E-state index contributed by atoms with van der Waals surface area (Å²) in [5, 5.41) is 13.4. The van der Waals surface area contributed by atoms with Crippen LogP contribution in [0.4, 0.5) is 0 Å². The van der Waals surface area contributed by atoms with Gasteiger partial charge in [0.05, 0.1) is 13.2 Å². The lowest BCUT2D eigenvalue weighted by Gasteiger charge is -2.50. The van der Waals surface area contributed by atoms with Gasteiger partial charge in [-0.3, -0.25) is 19.2 Å². The second-order valence-electron chi connectivity index (χ2n) is 13.8. The quantitative estimate of drug-likeness (QED) is 0.201. The lowest BCUT2D eigenvalue weighted by Crippen LogP contribution is -2.70. The van der Waals surface area contributed by atoms with E-state index >= 15 is 0 Å². The Hall–Kier alpha value is -3.89. The van der Waals surface area contributed by atoms with Crippen molar-refractivity contribution in [1.82, 2.24) is 15.3 Å². The highest BCUT2D eigenvalue weighted by molar-refractivity contribution is 5.96. The molecule has 8 unspecified atom stereocenters. The summed E-state index contributed by atoms with van der Waals surface area (Å²) in [7, 11) is 0. The minimum atomic E-state index is -1.38. The Kier molecular flexibility index (Phi) is 8.52. The maximum absolute atomic E-state index is 14.7. The minimum Gasteiger partial charge on any atom is -0.462 e. The fourth-order valence-corrected chi connectivity index (χ4v) is 7.83. The Balaban J connectivity index is 1.10. The topological polar surface area (TPSA) is 179 Å². The number of carbonyl (C=O) groups excluding carboxylic acids is 5. The first kappa shape index (κ1) is 32.6. The summed E-state index contributed by atoms with van der Waals surface area (Å²) in [6.07, 6.45) is 0.232. The van der Waals surface area contributed by atoms with Crippen molar-refractivity contribution in [1.29, 1.82) is 0 Å². The van der Waals surface area contributed by atoms with Crippen molar-refractivity contribution >= 4 is 35.8 Å². The van der Waals surface area contributed by atoms with Gasteiger partial charge in [-0.2, -0.15) is 5.06 Å². The highest BCUT2D eigenvalue weighted by Gasteiger charge is 2.75. The summed E-state index contributed by atoms with van der Waals surface area (Å²) >= 11 is 0. The van der Waals surface area contributed by atoms with Gasteiger partial charge in [-0.15, -0.1) is 0 Å². The summed E-state index contributed by atoms with van der Waals surface area (Å²) in [5.74, 6) is -2.56. The van der Waals surface area contributed by atoms with Gasteiger partial charge in [0.2, 0.25) is 17.9 Å². The molecule has 5 saturated heterocycles. The molecule has 0 aromatic heterocycles. The van der Waals surface area contributed by atoms with E-state index in [1.54, 1.807) is 44.2 Å². The smallest absolute Gasteiger partial charge is 0.348 e. The van der Waals surface area contributed by atoms with Crippen LogP contribution in [0.1, 0.15) is 44.2 Å². The number of aliphatic hydroxyl groups is 1. The standard InChI is InChI=1S/C33H39N3O12/c1-32(2)16-43-30(41)27(32)47-22(38)10-9-18-5-7-19(8-6-18)15-36-25-29(40)46-21-14-33(25,26(48-36)24-23(21)44-17-45-24)31(42)35-12-3-4-20(35)28(39)34-11-13-37/h5-10,20-21,23-27,37H,3-4,11-17H2,1-2H3,(H,34,39). The Labute approximate surface area is 276 Å². The monoisotopic (exact) mass is 669 g/mol. The number of carbonyl (C=O) groups is 5. The van der Waals surface area contributed by atoms with E-state index in [1.807, 2.05) is 0 Å². The van der Waals surface area contributed by atoms with Crippen molar-refractivity contribution in [3.05, 3.63) is 41.5 Å². The SMILES string of the molecule is CC1(C)COC(=O)C1OC(=O)C=Cc1ccc(CN2OC3C4OCOC4C4CC3(C(=O)N3CCCC3C(=O)NCCO)C2C(=O)O4)cc1. The zero-order chi connectivity index (χ0) is 33.8. The summed E-state index contributed by atoms with van der Waals surface area (Å²) < 4.78 is 27.9. The predicted octanol–water partition coefficient (Wildman–Crippen LogP) is -0.164. The lowest BCUT2D eigenvalue weighted by atomic mass is 9.62. The molecule has 1 aromatic rings. The van der Waals surface area contributed by atoms with E-state index in [9.17, 15) is 29.1 Å². The number of likely N-dealkylation sites (tertiary alicyclic amines) is 1. The van der Waals surface area contributed by atoms with Crippen LogP contribution in [0.5, 0.6) is 0 Å². The molecular formula is C33H39N3O12. The zero-order valence-corrected chi connectivity index (χ0v) is 26.7. The predicted molar refractivity (Wildman–Crippen MR) is 161 cm³/mol. The lowest BCUT2D eigenvalue weighted by molar-refractivity contribution is -0.204. The molecule has 1 aromatic carbocycles. The van der Waals surface area contributed by atoms with Crippen LogP contribution in [0.25, 0.3) is 6.08 Å². The van der Waals surface area contributed by atoms with E-state index < -0.39 is 71.3 Å². The third kappa shape index (κ3) is 5.47. The Bertz CT molecular complexity index is 1510. The van der Waals surface area contributed by atoms with E-state index in [0.717, 1.165) is 5.56 Å². The molecule has 0 spiro atoms. The van der Waals surface area contributed by atoms with Gasteiger partial charge in [0, 0.05) is 31.0 Å². The number of aliphatic hydroxyl groups excluding tert-OH is 1. The molecule has 1 saturated carbocycles. The van der Waals surface area contributed by atoms with Crippen LogP contribution < -0.4 is 5.32 Å². The number of amides is 2. The van der Waals surface area contributed by atoms with Gasteiger partial charge >= 0.3 is 17.9 Å². The number of ether oxygens (including phenoxy) is 5. The largest absolute Gasteiger partial charge is 0.462 e. The second-order valence-corrected chi connectivity index (χ2v) is 13.8. The molecule has 5 heterocycles. The molecule has 6 aliphatic rings. The van der Waals surface area contributed by atoms with Gasteiger partial charge < -0.3 is 39.0 Å². The van der Waals surface area contributed by atoms with Crippen molar-refractivity contribution < 1.29 is 57.6 Å². The fraction of sp³-hybridized carbons (Fsp3) is 0.606. The molecule has 2 amide bonds. The third-order valence-electron chi connectivity index (χ3n) is 10.2. The molecule has 48 heavy (non-hydrogen) atoms. The van der Waals surface area contributed by atoms with E-state index in [4.69, 9.17) is 28.5 Å².